The highest BCUT2D eigenvalue weighted by Crippen LogP contribution is 2.22. The molecular weight excluding hydrogens is 286 g/mol. The Labute approximate surface area is 130 Å². The molecule has 2 aliphatic rings. The van der Waals surface area contributed by atoms with Crippen LogP contribution in [0.25, 0.3) is 0 Å². The minimum atomic E-state index is -0.750. The van der Waals surface area contributed by atoms with E-state index in [0.717, 1.165) is 58.8 Å². The van der Waals surface area contributed by atoms with Crippen LogP contribution in [0, 0.1) is 17.6 Å². The zero-order valence-electron chi connectivity index (χ0n) is 12.9. The summed E-state index contributed by atoms with van der Waals surface area (Å²) in [6.45, 7) is 7.34. The molecule has 1 aromatic carbocycles. The minimum absolute atomic E-state index is 0.464. The average Bonchev–Trinajstić information content (AvgIpc) is 2.55. The minimum Gasteiger partial charge on any atom is -0.379 e. The van der Waals surface area contributed by atoms with Crippen LogP contribution in [0.3, 0.4) is 0 Å². The van der Waals surface area contributed by atoms with E-state index in [1.807, 2.05) is 0 Å². The summed E-state index contributed by atoms with van der Waals surface area (Å²) >= 11 is 0. The van der Waals surface area contributed by atoms with E-state index in [1.165, 1.54) is 6.07 Å². The lowest BCUT2D eigenvalue weighted by atomic mass is 9.95. The molecular formula is C17H24F2N2O. The number of ether oxygens (including phenoxy) is 1. The molecule has 5 heteroatoms. The van der Waals surface area contributed by atoms with Crippen molar-refractivity contribution in [3.8, 4) is 0 Å². The highest BCUT2D eigenvalue weighted by atomic mass is 19.2. The quantitative estimate of drug-likeness (QED) is 0.850. The summed E-state index contributed by atoms with van der Waals surface area (Å²) in [5.74, 6) is -0.732. The number of hydrogen-bond acceptors (Lipinski definition) is 3. The van der Waals surface area contributed by atoms with Gasteiger partial charge < -0.3 is 4.74 Å². The van der Waals surface area contributed by atoms with E-state index in [1.54, 1.807) is 12.1 Å². The topological polar surface area (TPSA) is 15.7 Å². The van der Waals surface area contributed by atoms with E-state index in [0.29, 0.717) is 18.0 Å². The summed E-state index contributed by atoms with van der Waals surface area (Å²) in [4.78, 5) is 4.71. The zero-order chi connectivity index (χ0) is 15.4. The second kappa shape index (κ2) is 7.49. The third kappa shape index (κ3) is 4.03. The van der Waals surface area contributed by atoms with Crippen LogP contribution in [0.4, 0.5) is 8.78 Å². The lowest BCUT2D eigenvalue weighted by Crippen LogP contribution is -2.42. The number of piperidine rings is 1. The normalized spacial score (nSPS) is 22.1. The number of nitrogens with zero attached hydrogens (tertiary/aromatic N) is 2. The molecule has 2 aliphatic heterocycles. The van der Waals surface area contributed by atoms with Crippen molar-refractivity contribution in [2.24, 2.45) is 5.92 Å². The first-order valence-electron chi connectivity index (χ1n) is 8.17. The van der Waals surface area contributed by atoms with Gasteiger partial charge in [0.15, 0.2) is 11.6 Å². The van der Waals surface area contributed by atoms with Crippen LogP contribution in [0.5, 0.6) is 0 Å². The molecule has 0 unspecified atom stereocenters. The van der Waals surface area contributed by atoms with Gasteiger partial charge in [0.25, 0.3) is 0 Å². The van der Waals surface area contributed by atoms with Crippen LogP contribution in [0.2, 0.25) is 0 Å². The molecule has 0 spiro atoms. The fourth-order valence-corrected chi connectivity index (χ4v) is 3.39. The molecule has 2 heterocycles. The van der Waals surface area contributed by atoms with Crippen LogP contribution in [0.1, 0.15) is 18.4 Å². The number of likely N-dealkylation sites (tertiary alicyclic amines) is 1. The van der Waals surface area contributed by atoms with Gasteiger partial charge in [-0.2, -0.15) is 0 Å². The summed E-state index contributed by atoms with van der Waals surface area (Å²) in [6, 6.07) is 4.44. The molecule has 1 aromatic rings. The van der Waals surface area contributed by atoms with Gasteiger partial charge >= 0.3 is 0 Å². The Hall–Kier alpha value is -1.04. The van der Waals surface area contributed by atoms with Crippen molar-refractivity contribution in [1.29, 1.82) is 0 Å². The van der Waals surface area contributed by atoms with E-state index in [-0.39, 0.29) is 0 Å². The van der Waals surface area contributed by atoms with Crippen LogP contribution in [-0.4, -0.2) is 55.7 Å². The molecule has 0 saturated carbocycles. The van der Waals surface area contributed by atoms with Crippen molar-refractivity contribution in [1.82, 2.24) is 9.80 Å². The first-order chi connectivity index (χ1) is 10.7. The molecule has 0 aromatic heterocycles. The molecule has 3 nitrogen and oxygen atoms in total. The number of benzene rings is 1. The molecule has 0 amide bonds. The van der Waals surface area contributed by atoms with Gasteiger partial charge in [-0.25, -0.2) is 8.78 Å². The Bertz CT molecular complexity index is 484. The Morgan fingerprint density at radius 2 is 1.73 bits per heavy atom. The maximum absolute atomic E-state index is 13.7. The highest BCUT2D eigenvalue weighted by molar-refractivity contribution is 5.18. The Morgan fingerprint density at radius 1 is 1.00 bits per heavy atom. The van der Waals surface area contributed by atoms with Gasteiger partial charge in [0.05, 0.1) is 13.2 Å². The van der Waals surface area contributed by atoms with E-state index in [9.17, 15) is 8.78 Å². The molecule has 122 valence electrons. The smallest absolute Gasteiger partial charge is 0.163 e. The second-order valence-corrected chi connectivity index (χ2v) is 6.35. The van der Waals surface area contributed by atoms with E-state index in [4.69, 9.17) is 4.74 Å². The van der Waals surface area contributed by atoms with Crippen LogP contribution in [-0.2, 0) is 11.3 Å². The highest BCUT2D eigenvalue weighted by Gasteiger charge is 2.23. The molecule has 0 N–H and O–H groups in total. The van der Waals surface area contributed by atoms with E-state index in [2.05, 4.69) is 9.80 Å². The van der Waals surface area contributed by atoms with Gasteiger partial charge in [0, 0.05) is 31.7 Å². The van der Waals surface area contributed by atoms with Crippen LogP contribution in [0.15, 0.2) is 18.2 Å². The molecule has 2 fully saturated rings. The Morgan fingerprint density at radius 3 is 2.45 bits per heavy atom. The zero-order valence-corrected chi connectivity index (χ0v) is 12.9. The van der Waals surface area contributed by atoms with Crippen molar-refractivity contribution in [3.05, 3.63) is 35.4 Å². The Balaban J connectivity index is 1.46. The fourth-order valence-electron chi connectivity index (χ4n) is 3.39. The first-order valence-corrected chi connectivity index (χ1v) is 8.17. The van der Waals surface area contributed by atoms with E-state index >= 15 is 0 Å². The van der Waals surface area contributed by atoms with Crippen LogP contribution >= 0.6 is 0 Å². The first kappa shape index (κ1) is 15.8. The molecule has 2 saturated heterocycles. The third-order valence-electron chi connectivity index (χ3n) is 4.75. The van der Waals surface area contributed by atoms with Gasteiger partial charge in [0.2, 0.25) is 0 Å². The summed E-state index contributed by atoms with van der Waals surface area (Å²) in [5.41, 5.74) is 0.464. The van der Waals surface area contributed by atoms with Crippen molar-refractivity contribution in [3.63, 3.8) is 0 Å². The summed E-state index contributed by atoms with van der Waals surface area (Å²) in [7, 11) is 0. The third-order valence-corrected chi connectivity index (χ3v) is 4.75. The molecule has 0 bridgehead atoms. The van der Waals surface area contributed by atoms with Crippen molar-refractivity contribution >= 4 is 0 Å². The van der Waals surface area contributed by atoms with Gasteiger partial charge in [-0.15, -0.1) is 0 Å². The Kier molecular flexibility index (Phi) is 5.39. The molecule has 22 heavy (non-hydrogen) atoms. The summed E-state index contributed by atoms with van der Waals surface area (Å²) in [5, 5.41) is 0. The van der Waals surface area contributed by atoms with Gasteiger partial charge in [-0.1, -0.05) is 12.1 Å². The van der Waals surface area contributed by atoms with Gasteiger partial charge in [-0.05, 0) is 37.9 Å². The van der Waals surface area contributed by atoms with Gasteiger partial charge in [-0.3, -0.25) is 9.80 Å². The van der Waals surface area contributed by atoms with E-state index < -0.39 is 11.6 Å². The predicted molar refractivity (Wildman–Crippen MR) is 81.6 cm³/mol. The monoisotopic (exact) mass is 310 g/mol. The SMILES string of the molecule is Fc1cccc(CN2CCC(CN3CCOCC3)CC2)c1F. The number of morpholine rings is 1. The second-order valence-electron chi connectivity index (χ2n) is 6.35. The average molecular weight is 310 g/mol. The van der Waals surface area contributed by atoms with Crippen molar-refractivity contribution in [2.75, 3.05) is 45.9 Å². The molecule has 0 aliphatic carbocycles. The number of rotatable bonds is 4. The molecule has 3 rings (SSSR count). The maximum atomic E-state index is 13.7. The lowest BCUT2D eigenvalue weighted by Gasteiger charge is -2.36. The summed E-state index contributed by atoms with van der Waals surface area (Å²) < 4.78 is 32.3. The fraction of sp³-hybridized carbons (Fsp3) is 0.647. The predicted octanol–water partition coefficient (Wildman–Crippen LogP) is 2.51. The summed E-state index contributed by atoms with van der Waals surface area (Å²) in [6.07, 6.45) is 2.27. The maximum Gasteiger partial charge on any atom is 0.163 e. The number of halogens is 2. The largest absolute Gasteiger partial charge is 0.379 e. The number of hydrogen-bond donors (Lipinski definition) is 0. The molecule has 0 atom stereocenters. The van der Waals surface area contributed by atoms with Gasteiger partial charge in [0.1, 0.15) is 0 Å². The van der Waals surface area contributed by atoms with Crippen molar-refractivity contribution < 1.29 is 13.5 Å². The van der Waals surface area contributed by atoms with Crippen molar-refractivity contribution in [2.45, 2.75) is 19.4 Å². The molecule has 0 radical (unpaired) electrons. The van der Waals surface area contributed by atoms with Crippen LogP contribution < -0.4 is 0 Å². The standard InChI is InChI=1S/C17H24F2N2O/c18-16-3-1-2-15(17(16)19)13-20-6-4-14(5-7-20)12-21-8-10-22-11-9-21/h1-3,14H,4-13H2. The lowest BCUT2D eigenvalue weighted by molar-refractivity contribution is 0.0241.